The molecular weight excluding hydrogens is 282 g/mol. The van der Waals surface area contributed by atoms with Crippen LogP contribution in [-0.4, -0.2) is 13.6 Å². The first kappa shape index (κ1) is 15.9. The summed E-state index contributed by atoms with van der Waals surface area (Å²) in [6, 6.07) is 14.4. The molecule has 2 aromatic carbocycles. The van der Waals surface area contributed by atoms with E-state index in [9.17, 15) is 0 Å². The van der Waals surface area contributed by atoms with E-state index >= 15 is 0 Å². The molecule has 21 heavy (non-hydrogen) atoms. The summed E-state index contributed by atoms with van der Waals surface area (Å²) in [7, 11) is 1.98. The fraction of sp³-hybridized carbons (Fsp3) is 0.333. The highest BCUT2D eigenvalue weighted by Gasteiger charge is 2.05. The van der Waals surface area contributed by atoms with Crippen molar-refractivity contribution in [3.05, 3.63) is 64.2 Å². The lowest BCUT2D eigenvalue weighted by Gasteiger charge is -2.12. The first-order valence-electron chi connectivity index (χ1n) is 7.22. The lowest BCUT2D eigenvalue weighted by Crippen LogP contribution is -2.14. The van der Waals surface area contributed by atoms with Crippen molar-refractivity contribution < 1.29 is 4.74 Å². The summed E-state index contributed by atoms with van der Waals surface area (Å²) in [5.41, 5.74) is 3.61. The van der Waals surface area contributed by atoms with Gasteiger partial charge in [0.2, 0.25) is 0 Å². The van der Waals surface area contributed by atoms with E-state index in [2.05, 4.69) is 36.5 Å². The first-order chi connectivity index (χ1) is 10.1. The highest BCUT2D eigenvalue weighted by Crippen LogP contribution is 2.26. The minimum Gasteiger partial charge on any atom is -0.487 e. The molecule has 0 aromatic heterocycles. The van der Waals surface area contributed by atoms with Gasteiger partial charge < -0.3 is 10.1 Å². The highest BCUT2D eigenvalue weighted by atomic mass is 35.5. The number of ether oxygens (including phenoxy) is 1. The maximum absolute atomic E-state index is 6.17. The summed E-state index contributed by atoms with van der Waals surface area (Å²) < 4.78 is 5.78. The zero-order chi connectivity index (χ0) is 15.2. The molecule has 0 amide bonds. The average molecular weight is 304 g/mol. The van der Waals surface area contributed by atoms with Crippen molar-refractivity contribution in [2.75, 3.05) is 13.6 Å². The third-order valence-electron chi connectivity index (χ3n) is 3.54. The number of rotatable bonds is 6. The Balaban J connectivity index is 1.97. The van der Waals surface area contributed by atoms with Crippen LogP contribution < -0.4 is 10.1 Å². The molecule has 0 aliphatic carbocycles. The molecule has 0 radical (unpaired) electrons. The third-order valence-corrected chi connectivity index (χ3v) is 3.84. The van der Waals surface area contributed by atoms with Crippen LogP contribution in [-0.2, 0) is 6.61 Å². The highest BCUT2D eigenvalue weighted by molar-refractivity contribution is 6.32. The molecule has 2 nitrogen and oxygen atoms in total. The molecule has 1 N–H and O–H groups in total. The van der Waals surface area contributed by atoms with E-state index in [1.165, 1.54) is 5.56 Å². The molecule has 0 aliphatic heterocycles. The summed E-state index contributed by atoms with van der Waals surface area (Å²) >= 11 is 6.17. The Bertz CT molecular complexity index is 580. The van der Waals surface area contributed by atoms with Crippen molar-refractivity contribution in [1.82, 2.24) is 5.32 Å². The molecule has 2 aromatic rings. The van der Waals surface area contributed by atoms with Gasteiger partial charge >= 0.3 is 0 Å². The topological polar surface area (TPSA) is 21.3 Å². The summed E-state index contributed by atoms with van der Waals surface area (Å²) in [6.45, 7) is 5.74. The Morgan fingerprint density at radius 3 is 2.48 bits per heavy atom. The third kappa shape index (κ3) is 4.48. The molecule has 0 saturated heterocycles. The number of nitrogens with one attached hydrogen (secondary N) is 1. The second-order valence-corrected chi connectivity index (χ2v) is 5.83. The smallest absolute Gasteiger partial charge is 0.138 e. The SMILES string of the molecule is CNCC(C)c1ccc(COc2ccc(C)cc2Cl)cc1. The van der Waals surface area contributed by atoms with Gasteiger partial charge in [-0.05, 0) is 48.7 Å². The normalized spacial score (nSPS) is 12.2. The minimum atomic E-state index is 0.511. The van der Waals surface area contributed by atoms with Crippen LogP contribution in [0.4, 0.5) is 0 Å². The number of hydrogen-bond acceptors (Lipinski definition) is 2. The van der Waals surface area contributed by atoms with Crippen LogP contribution in [0.25, 0.3) is 0 Å². The molecule has 112 valence electrons. The zero-order valence-corrected chi connectivity index (χ0v) is 13.6. The van der Waals surface area contributed by atoms with Gasteiger partial charge in [0.1, 0.15) is 12.4 Å². The van der Waals surface area contributed by atoms with Crippen LogP contribution in [0.5, 0.6) is 5.75 Å². The Morgan fingerprint density at radius 1 is 1.14 bits per heavy atom. The quantitative estimate of drug-likeness (QED) is 0.845. The monoisotopic (exact) mass is 303 g/mol. The van der Waals surface area contributed by atoms with Gasteiger partial charge in [-0.1, -0.05) is 48.9 Å². The van der Waals surface area contributed by atoms with E-state index in [1.807, 2.05) is 32.2 Å². The molecule has 3 heteroatoms. The van der Waals surface area contributed by atoms with Gasteiger partial charge in [0.25, 0.3) is 0 Å². The Labute approximate surface area is 132 Å². The van der Waals surface area contributed by atoms with Crippen molar-refractivity contribution in [2.45, 2.75) is 26.4 Å². The second kappa shape index (κ2) is 7.48. The van der Waals surface area contributed by atoms with E-state index in [0.29, 0.717) is 17.5 Å². The fourth-order valence-corrected chi connectivity index (χ4v) is 2.54. The van der Waals surface area contributed by atoms with Crippen molar-refractivity contribution >= 4 is 11.6 Å². The number of benzene rings is 2. The molecule has 0 aliphatic rings. The van der Waals surface area contributed by atoms with Gasteiger partial charge in [0.05, 0.1) is 5.02 Å². The molecule has 2 rings (SSSR count). The zero-order valence-electron chi connectivity index (χ0n) is 12.8. The molecule has 0 saturated carbocycles. The van der Waals surface area contributed by atoms with Crippen LogP contribution in [0, 0.1) is 6.92 Å². The van der Waals surface area contributed by atoms with E-state index in [1.54, 1.807) is 0 Å². The van der Waals surface area contributed by atoms with Gasteiger partial charge in [0, 0.05) is 6.54 Å². The van der Waals surface area contributed by atoms with Gasteiger partial charge in [-0.15, -0.1) is 0 Å². The molecule has 0 spiro atoms. The van der Waals surface area contributed by atoms with Crippen molar-refractivity contribution in [1.29, 1.82) is 0 Å². The van der Waals surface area contributed by atoms with E-state index < -0.39 is 0 Å². The standard InChI is InChI=1S/C18H22ClNO/c1-13-4-9-18(17(19)10-13)21-12-15-5-7-16(8-6-15)14(2)11-20-3/h4-10,14,20H,11-12H2,1-3H3. The summed E-state index contributed by atoms with van der Waals surface area (Å²) in [5, 5.41) is 3.86. The predicted molar refractivity (Wildman–Crippen MR) is 89.3 cm³/mol. The number of aryl methyl sites for hydroxylation is 1. The Hall–Kier alpha value is -1.51. The second-order valence-electron chi connectivity index (χ2n) is 5.42. The average Bonchev–Trinajstić information content (AvgIpc) is 2.47. The largest absolute Gasteiger partial charge is 0.487 e. The number of likely N-dealkylation sites (N-methyl/N-ethyl adjacent to an activating group) is 1. The maximum atomic E-state index is 6.17. The fourth-order valence-electron chi connectivity index (χ4n) is 2.25. The predicted octanol–water partition coefficient (Wildman–Crippen LogP) is 4.55. The van der Waals surface area contributed by atoms with Gasteiger partial charge in [-0.2, -0.15) is 0 Å². The van der Waals surface area contributed by atoms with E-state index in [-0.39, 0.29) is 0 Å². The van der Waals surface area contributed by atoms with Crippen molar-refractivity contribution in [3.8, 4) is 5.75 Å². The Kier molecular flexibility index (Phi) is 5.66. The minimum absolute atomic E-state index is 0.511. The van der Waals surface area contributed by atoms with Gasteiger partial charge in [0.15, 0.2) is 0 Å². The van der Waals surface area contributed by atoms with Crippen LogP contribution in [0.2, 0.25) is 5.02 Å². The summed E-state index contributed by atoms with van der Waals surface area (Å²) in [5.74, 6) is 1.24. The Morgan fingerprint density at radius 2 is 1.86 bits per heavy atom. The van der Waals surface area contributed by atoms with Crippen LogP contribution in [0.3, 0.4) is 0 Å². The van der Waals surface area contributed by atoms with E-state index in [4.69, 9.17) is 16.3 Å². The molecule has 0 fully saturated rings. The van der Waals surface area contributed by atoms with Crippen molar-refractivity contribution in [3.63, 3.8) is 0 Å². The lowest BCUT2D eigenvalue weighted by molar-refractivity contribution is 0.306. The molecule has 0 bridgehead atoms. The van der Waals surface area contributed by atoms with E-state index in [0.717, 1.165) is 23.4 Å². The summed E-state index contributed by atoms with van der Waals surface area (Å²) in [4.78, 5) is 0. The molecular formula is C18H22ClNO. The lowest BCUT2D eigenvalue weighted by atomic mass is 10.00. The maximum Gasteiger partial charge on any atom is 0.138 e. The van der Waals surface area contributed by atoms with Crippen LogP contribution in [0.15, 0.2) is 42.5 Å². The van der Waals surface area contributed by atoms with Crippen LogP contribution in [0.1, 0.15) is 29.5 Å². The molecule has 0 heterocycles. The summed E-state index contributed by atoms with van der Waals surface area (Å²) in [6.07, 6.45) is 0. The van der Waals surface area contributed by atoms with Gasteiger partial charge in [-0.3, -0.25) is 0 Å². The molecule has 1 atom stereocenters. The first-order valence-corrected chi connectivity index (χ1v) is 7.60. The number of hydrogen-bond donors (Lipinski definition) is 1. The number of halogens is 1. The van der Waals surface area contributed by atoms with Gasteiger partial charge in [-0.25, -0.2) is 0 Å². The van der Waals surface area contributed by atoms with Crippen molar-refractivity contribution in [2.24, 2.45) is 0 Å². The molecule has 1 unspecified atom stereocenters. The van der Waals surface area contributed by atoms with Crippen LogP contribution >= 0.6 is 11.6 Å².